The molecule has 90 valence electrons. The van der Waals surface area contributed by atoms with Gasteiger partial charge in [0.15, 0.2) is 0 Å². The molecule has 17 heavy (non-hydrogen) atoms. The maximum atomic E-state index is 9.89. The minimum atomic E-state index is 0.0458. The number of phenols is 1. The van der Waals surface area contributed by atoms with Crippen LogP contribution < -0.4 is 16.0 Å². The Morgan fingerprint density at radius 2 is 2.18 bits per heavy atom. The molecule has 1 fully saturated rings. The maximum Gasteiger partial charge on any atom is 0.143 e. The summed E-state index contributed by atoms with van der Waals surface area (Å²) in [4.78, 5) is 7.15. The van der Waals surface area contributed by atoms with Crippen molar-refractivity contribution in [3.05, 3.63) is 18.0 Å². The number of hydrogen-bond acceptors (Lipinski definition) is 5. The number of aryl methyl sites for hydroxylation is 1. The fourth-order valence-electron chi connectivity index (χ4n) is 2.13. The van der Waals surface area contributed by atoms with Crippen molar-refractivity contribution in [2.45, 2.75) is 13.2 Å². The second kappa shape index (κ2) is 3.90. The molecule has 0 bridgehead atoms. The number of aromatic hydroxyl groups is 1. The van der Waals surface area contributed by atoms with Gasteiger partial charge < -0.3 is 15.4 Å². The molecule has 0 aliphatic carbocycles. The first-order valence-corrected chi connectivity index (χ1v) is 5.64. The van der Waals surface area contributed by atoms with Gasteiger partial charge in [-0.2, -0.15) is 0 Å². The summed E-state index contributed by atoms with van der Waals surface area (Å²) in [6, 6.07) is 1.72. The highest BCUT2D eigenvalue weighted by Gasteiger charge is 2.16. The highest BCUT2D eigenvalue weighted by Crippen LogP contribution is 2.31. The zero-order chi connectivity index (χ0) is 11.8. The summed E-state index contributed by atoms with van der Waals surface area (Å²) >= 11 is 0. The number of imidazole rings is 1. The van der Waals surface area contributed by atoms with Crippen molar-refractivity contribution in [2.24, 2.45) is 0 Å². The molecule has 1 saturated heterocycles. The third-order valence-corrected chi connectivity index (χ3v) is 3.06. The monoisotopic (exact) mass is 233 g/mol. The third-order valence-electron chi connectivity index (χ3n) is 3.06. The lowest BCUT2D eigenvalue weighted by atomic mass is 10.1. The van der Waals surface area contributed by atoms with E-state index in [4.69, 9.17) is 0 Å². The minimum absolute atomic E-state index is 0.0458. The van der Waals surface area contributed by atoms with Crippen molar-refractivity contribution in [2.75, 3.05) is 18.4 Å². The number of aromatic nitrogens is 2. The van der Waals surface area contributed by atoms with Gasteiger partial charge in [-0.15, -0.1) is 0 Å². The van der Waals surface area contributed by atoms with Crippen LogP contribution in [-0.4, -0.2) is 34.5 Å². The summed E-state index contributed by atoms with van der Waals surface area (Å²) in [6.45, 7) is 3.86. The van der Waals surface area contributed by atoms with Crippen LogP contribution in [0.2, 0.25) is 0 Å². The Balaban J connectivity index is 2.00. The van der Waals surface area contributed by atoms with Gasteiger partial charge in [-0.1, -0.05) is 0 Å². The first kappa shape index (κ1) is 10.4. The van der Waals surface area contributed by atoms with E-state index in [1.54, 1.807) is 12.4 Å². The molecule has 5 N–H and O–H groups in total. The number of nitrogens with one attached hydrogen (secondary N) is 4. The smallest absolute Gasteiger partial charge is 0.143 e. The lowest BCUT2D eigenvalue weighted by molar-refractivity contribution is 0.480. The van der Waals surface area contributed by atoms with E-state index in [1.807, 2.05) is 6.92 Å². The van der Waals surface area contributed by atoms with Crippen LogP contribution in [0.5, 0.6) is 5.75 Å². The summed E-state index contributed by atoms with van der Waals surface area (Å²) < 4.78 is 0. The van der Waals surface area contributed by atoms with Crippen molar-refractivity contribution in [3.63, 3.8) is 0 Å². The third kappa shape index (κ3) is 1.71. The summed E-state index contributed by atoms with van der Waals surface area (Å²) in [5, 5.41) is 19.7. The van der Waals surface area contributed by atoms with Gasteiger partial charge in [0.1, 0.15) is 17.6 Å². The number of benzene rings is 1. The number of H-pyrrole nitrogens is 1. The Kier molecular flexibility index (Phi) is 2.38. The van der Waals surface area contributed by atoms with E-state index in [1.165, 1.54) is 0 Å². The van der Waals surface area contributed by atoms with Crippen LogP contribution in [0.4, 0.5) is 5.69 Å². The predicted octanol–water partition coefficient (Wildman–Crippen LogP) is 0.465. The van der Waals surface area contributed by atoms with E-state index in [9.17, 15) is 5.11 Å². The van der Waals surface area contributed by atoms with Gasteiger partial charge in [0.05, 0.1) is 11.8 Å². The Hall–Kier alpha value is -1.79. The molecule has 1 aliphatic heterocycles. The van der Waals surface area contributed by atoms with E-state index in [-0.39, 0.29) is 12.0 Å². The molecule has 2 heterocycles. The zero-order valence-electron chi connectivity index (χ0n) is 9.54. The van der Waals surface area contributed by atoms with Crippen LogP contribution in [0.1, 0.15) is 5.56 Å². The SMILES string of the molecule is Cc1c(NC2NCCN2)cc(O)c2[nH]cnc12. The van der Waals surface area contributed by atoms with E-state index >= 15 is 0 Å². The van der Waals surface area contributed by atoms with Gasteiger partial charge in [-0.25, -0.2) is 4.98 Å². The van der Waals surface area contributed by atoms with Crippen molar-refractivity contribution >= 4 is 16.7 Å². The molecule has 1 aromatic carbocycles. The van der Waals surface area contributed by atoms with E-state index in [0.29, 0.717) is 5.52 Å². The molecular weight excluding hydrogens is 218 g/mol. The molecule has 1 aliphatic rings. The van der Waals surface area contributed by atoms with Crippen LogP contribution in [0.15, 0.2) is 12.4 Å². The first-order chi connectivity index (χ1) is 8.25. The Morgan fingerprint density at radius 3 is 2.94 bits per heavy atom. The summed E-state index contributed by atoms with van der Waals surface area (Å²) in [7, 11) is 0. The molecule has 0 atom stereocenters. The summed E-state index contributed by atoms with van der Waals surface area (Å²) in [5.74, 6) is 0.212. The fraction of sp³-hybridized carbons (Fsp3) is 0.364. The highest BCUT2D eigenvalue weighted by molar-refractivity contribution is 5.89. The van der Waals surface area contributed by atoms with Gasteiger partial charge in [0.25, 0.3) is 0 Å². The van der Waals surface area contributed by atoms with Crippen molar-refractivity contribution in [1.29, 1.82) is 0 Å². The molecule has 0 unspecified atom stereocenters. The normalized spacial score (nSPS) is 16.8. The lowest BCUT2D eigenvalue weighted by Crippen LogP contribution is -2.38. The quantitative estimate of drug-likeness (QED) is 0.520. The second-order valence-corrected chi connectivity index (χ2v) is 4.18. The number of nitrogens with zero attached hydrogens (tertiary/aromatic N) is 1. The highest BCUT2D eigenvalue weighted by atomic mass is 16.3. The van der Waals surface area contributed by atoms with Crippen molar-refractivity contribution in [3.8, 4) is 5.75 Å². The molecule has 1 aromatic heterocycles. The van der Waals surface area contributed by atoms with E-state index < -0.39 is 0 Å². The van der Waals surface area contributed by atoms with Crippen LogP contribution in [0.25, 0.3) is 11.0 Å². The van der Waals surface area contributed by atoms with Crippen molar-refractivity contribution < 1.29 is 5.11 Å². The molecule has 6 heteroatoms. The Labute approximate surface area is 98.4 Å². The van der Waals surface area contributed by atoms with Crippen molar-refractivity contribution in [1.82, 2.24) is 20.6 Å². The second-order valence-electron chi connectivity index (χ2n) is 4.18. The largest absolute Gasteiger partial charge is 0.506 e. The average molecular weight is 233 g/mol. The predicted molar refractivity (Wildman–Crippen MR) is 65.9 cm³/mol. The summed E-state index contributed by atoms with van der Waals surface area (Å²) in [5.41, 5.74) is 3.38. The zero-order valence-corrected chi connectivity index (χ0v) is 9.54. The fourth-order valence-corrected chi connectivity index (χ4v) is 2.13. The van der Waals surface area contributed by atoms with Gasteiger partial charge in [-0.3, -0.25) is 10.6 Å². The molecule has 0 spiro atoms. The van der Waals surface area contributed by atoms with Crippen LogP contribution in [0, 0.1) is 6.92 Å². The summed E-state index contributed by atoms with van der Waals surface area (Å²) in [6.07, 6.45) is 1.64. The molecule has 0 radical (unpaired) electrons. The number of rotatable bonds is 2. The number of hydrogen-bond donors (Lipinski definition) is 5. The van der Waals surface area contributed by atoms with Crippen LogP contribution in [0.3, 0.4) is 0 Å². The number of fused-ring (bicyclic) bond motifs is 1. The molecule has 0 amide bonds. The van der Waals surface area contributed by atoms with Crippen LogP contribution in [-0.2, 0) is 0 Å². The Bertz CT molecular complexity index is 544. The molecule has 2 aromatic rings. The number of anilines is 1. The minimum Gasteiger partial charge on any atom is -0.506 e. The molecular formula is C11H15N5O. The first-order valence-electron chi connectivity index (χ1n) is 5.64. The lowest BCUT2D eigenvalue weighted by Gasteiger charge is -2.17. The van der Waals surface area contributed by atoms with Gasteiger partial charge in [0.2, 0.25) is 0 Å². The number of aromatic amines is 1. The molecule has 6 nitrogen and oxygen atoms in total. The van der Waals surface area contributed by atoms with E-state index in [2.05, 4.69) is 25.9 Å². The van der Waals surface area contributed by atoms with Gasteiger partial charge in [0, 0.05) is 30.4 Å². The maximum absolute atomic E-state index is 9.89. The van der Waals surface area contributed by atoms with Gasteiger partial charge in [-0.05, 0) is 6.92 Å². The Morgan fingerprint density at radius 1 is 1.41 bits per heavy atom. The number of phenolic OH excluding ortho intramolecular Hbond substituents is 1. The van der Waals surface area contributed by atoms with Crippen LogP contribution >= 0.6 is 0 Å². The van der Waals surface area contributed by atoms with Gasteiger partial charge >= 0.3 is 0 Å². The molecule has 3 rings (SSSR count). The van der Waals surface area contributed by atoms with E-state index in [0.717, 1.165) is 29.9 Å². The molecule has 0 saturated carbocycles. The topological polar surface area (TPSA) is 85.0 Å². The average Bonchev–Trinajstić information content (AvgIpc) is 2.96. The standard InChI is InChI=1S/C11H15N5O/c1-6-7(16-11-12-2-3-13-11)4-8(17)10-9(6)14-5-15-10/h4-5,11-13,16-17H,2-3H2,1H3,(H,14,15).